The van der Waals surface area contributed by atoms with Gasteiger partial charge in [-0.05, 0) is 31.7 Å². The van der Waals surface area contributed by atoms with E-state index in [0.717, 1.165) is 0 Å². The van der Waals surface area contributed by atoms with Gasteiger partial charge in [0.15, 0.2) is 5.96 Å². The van der Waals surface area contributed by atoms with Crippen LogP contribution in [-0.4, -0.2) is 63.4 Å². The Morgan fingerprint density at radius 2 is 1.65 bits per heavy atom. The highest BCUT2D eigenvalue weighted by atomic mass is 32.2. The average Bonchev–Trinajstić information content (AvgIpc) is 2.77. The SMILES string of the molecule is CCNC(=NCc1ccccc1S(=O)(=O)N1CCN(C)CC1)NCc1ccccc1F. The Labute approximate surface area is 184 Å². The van der Waals surface area contributed by atoms with E-state index in [1.807, 2.05) is 20.0 Å². The zero-order chi connectivity index (χ0) is 22.3. The van der Waals surface area contributed by atoms with E-state index < -0.39 is 10.0 Å². The van der Waals surface area contributed by atoms with Crippen LogP contribution in [0, 0.1) is 5.82 Å². The number of sulfonamides is 1. The zero-order valence-electron chi connectivity index (χ0n) is 18.0. The first-order valence-corrected chi connectivity index (χ1v) is 11.9. The fourth-order valence-corrected chi connectivity index (χ4v) is 5.02. The molecule has 0 aliphatic carbocycles. The lowest BCUT2D eigenvalue weighted by molar-refractivity contribution is 0.222. The maximum atomic E-state index is 13.9. The van der Waals surface area contributed by atoms with Crippen molar-refractivity contribution in [3.05, 3.63) is 65.5 Å². The maximum Gasteiger partial charge on any atom is 0.243 e. The number of guanidine groups is 1. The topological polar surface area (TPSA) is 77.0 Å². The smallest absolute Gasteiger partial charge is 0.243 e. The van der Waals surface area contributed by atoms with Crippen LogP contribution in [0.2, 0.25) is 0 Å². The number of benzene rings is 2. The third kappa shape index (κ3) is 6.03. The van der Waals surface area contributed by atoms with Crippen molar-refractivity contribution < 1.29 is 12.8 Å². The Morgan fingerprint density at radius 1 is 1.00 bits per heavy atom. The summed E-state index contributed by atoms with van der Waals surface area (Å²) in [6.07, 6.45) is 0. The molecule has 0 spiro atoms. The van der Waals surface area contributed by atoms with E-state index in [9.17, 15) is 12.8 Å². The Balaban J connectivity index is 1.76. The Morgan fingerprint density at radius 3 is 2.32 bits per heavy atom. The van der Waals surface area contributed by atoms with Crippen LogP contribution in [0.1, 0.15) is 18.1 Å². The van der Waals surface area contributed by atoms with E-state index in [2.05, 4.69) is 20.5 Å². The third-order valence-electron chi connectivity index (χ3n) is 5.21. The summed E-state index contributed by atoms with van der Waals surface area (Å²) >= 11 is 0. The summed E-state index contributed by atoms with van der Waals surface area (Å²) in [4.78, 5) is 6.94. The molecule has 1 aliphatic rings. The number of aliphatic imine (C=N–C) groups is 1. The molecule has 9 heteroatoms. The molecular formula is C22H30FN5O2S. The van der Waals surface area contributed by atoms with Crippen molar-refractivity contribution >= 4 is 16.0 Å². The summed E-state index contributed by atoms with van der Waals surface area (Å²) in [7, 11) is -1.60. The summed E-state index contributed by atoms with van der Waals surface area (Å²) in [6, 6.07) is 13.5. The van der Waals surface area contributed by atoms with Crippen molar-refractivity contribution in [3.63, 3.8) is 0 Å². The molecule has 1 fully saturated rings. The molecule has 3 rings (SSSR count). The molecule has 2 N–H and O–H groups in total. The van der Waals surface area contributed by atoms with Gasteiger partial charge in [-0.1, -0.05) is 36.4 Å². The van der Waals surface area contributed by atoms with Crippen LogP contribution in [-0.2, 0) is 23.1 Å². The van der Waals surface area contributed by atoms with Crippen LogP contribution in [0.4, 0.5) is 4.39 Å². The van der Waals surface area contributed by atoms with Gasteiger partial charge >= 0.3 is 0 Å². The largest absolute Gasteiger partial charge is 0.357 e. The monoisotopic (exact) mass is 447 g/mol. The molecule has 1 saturated heterocycles. The van der Waals surface area contributed by atoms with Gasteiger partial charge in [0, 0.05) is 44.8 Å². The summed E-state index contributed by atoms with van der Waals surface area (Å²) in [5.74, 6) is 0.215. The molecule has 0 amide bonds. The lowest BCUT2D eigenvalue weighted by Gasteiger charge is -2.32. The van der Waals surface area contributed by atoms with Gasteiger partial charge in [0.05, 0.1) is 11.4 Å². The van der Waals surface area contributed by atoms with Crippen LogP contribution >= 0.6 is 0 Å². The number of rotatable bonds is 7. The molecule has 0 bridgehead atoms. The average molecular weight is 448 g/mol. The number of likely N-dealkylation sites (N-methyl/N-ethyl adjacent to an activating group) is 1. The minimum absolute atomic E-state index is 0.190. The van der Waals surface area contributed by atoms with Crippen molar-refractivity contribution in [3.8, 4) is 0 Å². The highest BCUT2D eigenvalue weighted by Crippen LogP contribution is 2.22. The summed E-state index contributed by atoms with van der Waals surface area (Å²) in [5, 5.41) is 6.23. The van der Waals surface area contributed by atoms with E-state index in [1.165, 1.54) is 10.4 Å². The highest BCUT2D eigenvalue weighted by molar-refractivity contribution is 7.89. The molecule has 2 aromatic carbocycles. The number of hydrogen-bond donors (Lipinski definition) is 2. The Bertz CT molecular complexity index is 1000. The quantitative estimate of drug-likeness (QED) is 0.502. The fraction of sp³-hybridized carbons (Fsp3) is 0.409. The van der Waals surface area contributed by atoms with Gasteiger partial charge < -0.3 is 15.5 Å². The first-order chi connectivity index (χ1) is 14.9. The Hall–Kier alpha value is -2.49. The van der Waals surface area contributed by atoms with Gasteiger partial charge in [-0.15, -0.1) is 0 Å². The summed E-state index contributed by atoms with van der Waals surface area (Å²) in [5.41, 5.74) is 1.16. The molecule has 0 saturated carbocycles. The molecule has 0 aromatic heterocycles. The molecule has 2 aromatic rings. The number of nitrogens with one attached hydrogen (secondary N) is 2. The van der Waals surface area contributed by atoms with Crippen molar-refractivity contribution in [1.82, 2.24) is 19.8 Å². The van der Waals surface area contributed by atoms with Crippen LogP contribution in [0.25, 0.3) is 0 Å². The van der Waals surface area contributed by atoms with Crippen molar-refractivity contribution in [1.29, 1.82) is 0 Å². The van der Waals surface area contributed by atoms with Gasteiger partial charge in [-0.2, -0.15) is 4.31 Å². The van der Waals surface area contributed by atoms with Crippen LogP contribution in [0.15, 0.2) is 58.4 Å². The second-order valence-corrected chi connectivity index (χ2v) is 9.36. The highest BCUT2D eigenvalue weighted by Gasteiger charge is 2.29. The minimum Gasteiger partial charge on any atom is -0.357 e. The molecular weight excluding hydrogens is 417 g/mol. The van der Waals surface area contributed by atoms with Crippen LogP contribution in [0.3, 0.4) is 0 Å². The molecule has 31 heavy (non-hydrogen) atoms. The van der Waals surface area contributed by atoms with Crippen molar-refractivity contribution in [2.45, 2.75) is 24.9 Å². The van der Waals surface area contributed by atoms with Gasteiger partial charge in [-0.3, -0.25) is 0 Å². The first kappa shape index (κ1) is 23.2. The minimum atomic E-state index is -3.59. The molecule has 0 atom stereocenters. The van der Waals surface area contributed by atoms with Gasteiger partial charge in [0.1, 0.15) is 5.82 Å². The predicted octanol–water partition coefficient (Wildman–Crippen LogP) is 2.02. The summed E-state index contributed by atoms with van der Waals surface area (Å²) in [6.45, 7) is 5.41. The molecule has 168 valence electrons. The first-order valence-electron chi connectivity index (χ1n) is 10.4. The van der Waals surface area contributed by atoms with Gasteiger partial charge in [0.25, 0.3) is 0 Å². The number of nitrogens with zero attached hydrogens (tertiary/aromatic N) is 3. The molecule has 1 heterocycles. The van der Waals surface area contributed by atoms with Gasteiger partial charge in [-0.25, -0.2) is 17.8 Å². The number of piperazine rings is 1. The summed E-state index contributed by atoms with van der Waals surface area (Å²) < 4.78 is 41.9. The lowest BCUT2D eigenvalue weighted by atomic mass is 10.2. The number of hydrogen-bond acceptors (Lipinski definition) is 4. The van der Waals surface area contributed by atoms with E-state index in [4.69, 9.17) is 0 Å². The second kappa shape index (κ2) is 10.7. The molecule has 7 nitrogen and oxygen atoms in total. The van der Waals surface area contributed by atoms with E-state index >= 15 is 0 Å². The zero-order valence-corrected chi connectivity index (χ0v) is 18.8. The third-order valence-corrected chi connectivity index (χ3v) is 7.21. The van der Waals surface area contributed by atoms with Crippen molar-refractivity contribution in [2.24, 2.45) is 4.99 Å². The van der Waals surface area contributed by atoms with Crippen LogP contribution < -0.4 is 10.6 Å². The van der Waals surface area contributed by atoms with Crippen LogP contribution in [0.5, 0.6) is 0 Å². The Kier molecular flexibility index (Phi) is 8.00. The number of halogens is 1. The normalized spacial score (nSPS) is 16.3. The van der Waals surface area contributed by atoms with Gasteiger partial charge in [0.2, 0.25) is 10.0 Å². The lowest BCUT2D eigenvalue weighted by Crippen LogP contribution is -2.47. The van der Waals surface area contributed by atoms with E-state index in [1.54, 1.807) is 36.4 Å². The van der Waals surface area contributed by atoms with E-state index in [-0.39, 0.29) is 23.8 Å². The van der Waals surface area contributed by atoms with E-state index in [0.29, 0.717) is 49.8 Å². The predicted molar refractivity (Wildman–Crippen MR) is 121 cm³/mol. The molecule has 1 aliphatic heterocycles. The second-order valence-electron chi connectivity index (χ2n) is 7.46. The maximum absolute atomic E-state index is 13.9. The fourth-order valence-electron chi connectivity index (χ4n) is 3.38. The molecule has 0 unspecified atom stereocenters. The van der Waals surface area contributed by atoms with Crippen molar-refractivity contribution in [2.75, 3.05) is 39.8 Å². The standard InChI is InChI=1S/C22H30FN5O2S/c1-3-24-22(25-16-18-8-4-6-10-20(18)23)26-17-19-9-5-7-11-21(19)31(29,30)28-14-12-27(2)13-15-28/h4-11H,3,12-17H2,1-2H3,(H2,24,25,26). The molecule has 0 radical (unpaired) electrons.